The number of nitro benzene ring substituents is 1. The predicted molar refractivity (Wildman–Crippen MR) is 145 cm³/mol. The van der Waals surface area contributed by atoms with Crippen molar-refractivity contribution in [1.82, 2.24) is 0 Å². The van der Waals surface area contributed by atoms with Gasteiger partial charge in [-0.15, -0.1) is 0 Å². The maximum absolute atomic E-state index is 13.7. The molecule has 1 heterocycles. The van der Waals surface area contributed by atoms with Gasteiger partial charge in [0.2, 0.25) is 0 Å². The lowest BCUT2D eigenvalue weighted by Gasteiger charge is -2.37. The molecule has 0 saturated carbocycles. The molecule has 12 heteroatoms. The molecule has 216 valence electrons. The summed E-state index contributed by atoms with van der Waals surface area (Å²) in [6, 6.07) is 13.2. The van der Waals surface area contributed by atoms with E-state index < -0.39 is 46.1 Å². The molecule has 1 aliphatic rings. The van der Waals surface area contributed by atoms with Crippen molar-refractivity contribution in [3.63, 3.8) is 0 Å². The zero-order valence-electron chi connectivity index (χ0n) is 23.1. The average molecular weight is 567 g/mol. The summed E-state index contributed by atoms with van der Waals surface area (Å²) in [6.07, 6.45) is 0. The molecule has 0 aliphatic carbocycles. The van der Waals surface area contributed by atoms with Gasteiger partial charge in [0.15, 0.2) is 0 Å². The summed E-state index contributed by atoms with van der Waals surface area (Å²) in [5, 5.41) is 11.7. The third-order valence-corrected chi connectivity index (χ3v) is 5.89. The first-order chi connectivity index (χ1) is 19.7. The standard InChI is InChI=1S/C29H30N2O10/c1-5-38-26(32)22-21(18-13-12-16-20(17-18)31(36)37)23(27(33)39-6-2)25(29(35)41-8-4)30(19-14-10-9-11-15-19)24(22)28(34)40-7-3/h9-17,21H,5-8H2,1-4H3. The van der Waals surface area contributed by atoms with Gasteiger partial charge in [0, 0.05) is 17.8 Å². The molecular formula is C29H30N2O10. The SMILES string of the molecule is CCOC(=O)C1=C(C(=O)OCC)N(c2ccccc2)C(C(=O)OCC)=C(C(=O)OCC)C1c1cccc([N+](=O)[O-])c1. The molecule has 0 N–H and O–H groups in total. The molecule has 12 nitrogen and oxygen atoms in total. The Bertz CT molecular complexity index is 1340. The number of rotatable bonds is 11. The van der Waals surface area contributed by atoms with Gasteiger partial charge < -0.3 is 18.9 Å². The quantitative estimate of drug-likeness (QED) is 0.168. The van der Waals surface area contributed by atoms with Crippen LogP contribution in [0.25, 0.3) is 0 Å². The Balaban J connectivity index is 2.60. The van der Waals surface area contributed by atoms with E-state index in [1.165, 1.54) is 18.2 Å². The van der Waals surface area contributed by atoms with Gasteiger partial charge in [0.25, 0.3) is 5.69 Å². The number of nitro groups is 1. The number of nitrogens with zero attached hydrogens (tertiary/aromatic N) is 2. The highest BCUT2D eigenvalue weighted by molar-refractivity contribution is 6.14. The van der Waals surface area contributed by atoms with Gasteiger partial charge in [-0.1, -0.05) is 30.3 Å². The van der Waals surface area contributed by atoms with Gasteiger partial charge in [0.05, 0.1) is 48.4 Å². The first-order valence-electron chi connectivity index (χ1n) is 13.0. The molecule has 0 aromatic heterocycles. The van der Waals surface area contributed by atoms with Crippen molar-refractivity contribution in [2.75, 3.05) is 31.3 Å². The number of esters is 4. The third-order valence-electron chi connectivity index (χ3n) is 5.89. The van der Waals surface area contributed by atoms with Crippen molar-refractivity contribution in [3.8, 4) is 0 Å². The van der Waals surface area contributed by atoms with E-state index >= 15 is 0 Å². The second-order valence-electron chi connectivity index (χ2n) is 8.36. The van der Waals surface area contributed by atoms with Crippen molar-refractivity contribution in [3.05, 3.63) is 92.8 Å². The summed E-state index contributed by atoms with van der Waals surface area (Å²) in [5.74, 6) is -5.51. The summed E-state index contributed by atoms with van der Waals surface area (Å²) >= 11 is 0. The number of anilines is 1. The molecule has 0 atom stereocenters. The summed E-state index contributed by atoms with van der Waals surface area (Å²) in [5.41, 5.74) is -1.64. The summed E-state index contributed by atoms with van der Waals surface area (Å²) in [6.45, 7) is 5.83. The Morgan fingerprint density at radius 1 is 0.707 bits per heavy atom. The number of hydrogen-bond acceptors (Lipinski definition) is 11. The molecule has 41 heavy (non-hydrogen) atoms. The second-order valence-corrected chi connectivity index (χ2v) is 8.36. The molecule has 0 radical (unpaired) electrons. The Kier molecular flexibility index (Phi) is 10.3. The Morgan fingerprint density at radius 3 is 1.61 bits per heavy atom. The first-order valence-corrected chi connectivity index (χ1v) is 13.0. The highest BCUT2D eigenvalue weighted by Crippen LogP contribution is 2.46. The number of carbonyl (C=O) groups is 4. The lowest BCUT2D eigenvalue weighted by molar-refractivity contribution is -0.384. The number of para-hydroxylation sites is 1. The van der Waals surface area contributed by atoms with E-state index in [2.05, 4.69) is 0 Å². The molecule has 1 aliphatic heterocycles. The number of non-ortho nitro benzene ring substituents is 1. The van der Waals surface area contributed by atoms with Gasteiger partial charge in [-0.25, -0.2) is 19.2 Å². The van der Waals surface area contributed by atoms with E-state index in [1.807, 2.05) is 0 Å². The maximum atomic E-state index is 13.7. The van der Waals surface area contributed by atoms with Gasteiger partial charge >= 0.3 is 23.9 Å². The predicted octanol–water partition coefficient (Wildman–Crippen LogP) is 3.96. The smallest absolute Gasteiger partial charge is 0.355 e. The molecule has 0 bridgehead atoms. The minimum atomic E-state index is -1.51. The number of carbonyl (C=O) groups excluding carboxylic acids is 4. The van der Waals surface area contributed by atoms with Crippen molar-refractivity contribution < 1.29 is 43.0 Å². The van der Waals surface area contributed by atoms with E-state index in [9.17, 15) is 29.3 Å². The van der Waals surface area contributed by atoms with Crippen molar-refractivity contribution in [2.24, 2.45) is 0 Å². The fourth-order valence-corrected chi connectivity index (χ4v) is 4.41. The van der Waals surface area contributed by atoms with E-state index in [4.69, 9.17) is 18.9 Å². The van der Waals surface area contributed by atoms with Crippen LogP contribution in [0.2, 0.25) is 0 Å². The summed E-state index contributed by atoms with van der Waals surface area (Å²) in [7, 11) is 0. The molecule has 3 rings (SSSR count). The normalized spacial score (nSPS) is 13.5. The molecule has 0 fully saturated rings. The van der Waals surface area contributed by atoms with Crippen LogP contribution in [0.4, 0.5) is 11.4 Å². The van der Waals surface area contributed by atoms with Crippen molar-refractivity contribution in [2.45, 2.75) is 33.6 Å². The van der Waals surface area contributed by atoms with Gasteiger partial charge in [0.1, 0.15) is 11.4 Å². The van der Waals surface area contributed by atoms with Crippen LogP contribution in [0, 0.1) is 10.1 Å². The second kappa shape index (κ2) is 13.9. The average Bonchev–Trinajstić information content (AvgIpc) is 2.96. The van der Waals surface area contributed by atoms with Gasteiger partial charge in [-0.3, -0.25) is 15.0 Å². The molecule has 0 unspecified atom stereocenters. The molecular weight excluding hydrogens is 536 g/mol. The monoisotopic (exact) mass is 566 g/mol. The maximum Gasteiger partial charge on any atom is 0.355 e. The Hall–Kier alpha value is -5.00. The first kappa shape index (κ1) is 30.5. The lowest BCUT2D eigenvalue weighted by atomic mass is 9.78. The minimum absolute atomic E-state index is 0.0571. The molecule has 2 aromatic carbocycles. The van der Waals surface area contributed by atoms with Crippen LogP contribution in [-0.2, 0) is 38.1 Å². The Morgan fingerprint density at radius 2 is 1.17 bits per heavy atom. The zero-order chi connectivity index (χ0) is 30.1. The Labute approximate surface area is 236 Å². The minimum Gasteiger partial charge on any atom is -0.463 e. The van der Waals surface area contributed by atoms with Crippen LogP contribution in [0.3, 0.4) is 0 Å². The third kappa shape index (κ3) is 6.43. The van der Waals surface area contributed by atoms with Crippen LogP contribution in [0.5, 0.6) is 0 Å². The molecule has 0 saturated heterocycles. The van der Waals surface area contributed by atoms with Crippen molar-refractivity contribution >= 4 is 35.3 Å². The lowest BCUT2D eigenvalue weighted by Crippen LogP contribution is -2.43. The number of hydrogen-bond donors (Lipinski definition) is 0. The van der Waals surface area contributed by atoms with E-state index in [0.717, 1.165) is 11.0 Å². The van der Waals surface area contributed by atoms with E-state index in [0.29, 0.717) is 0 Å². The fourth-order valence-electron chi connectivity index (χ4n) is 4.41. The van der Waals surface area contributed by atoms with E-state index in [1.54, 1.807) is 58.0 Å². The van der Waals surface area contributed by atoms with Crippen LogP contribution in [-0.4, -0.2) is 55.2 Å². The summed E-state index contributed by atoms with van der Waals surface area (Å²) < 4.78 is 21.3. The number of benzene rings is 2. The topological polar surface area (TPSA) is 152 Å². The fraction of sp³-hybridized carbons (Fsp3) is 0.310. The zero-order valence-corrected chi connectivity index (χ0v) is 23.1. The highest BCUT2D eigenvalue weighted by Gasteiger charge is 2.48. The largest absolute Gasteiger partial charge is 0.463 e. The van der Waals surface area contributed by atoms with Gasteiger partial charge in [-0.05, 0) is 45.4 Å². The van der Waals surface area contributed by atoms with Crippen LogP contribution >= 0.6 is 0 Å². The molecule has 2 aromatic rings. The molecule has 0 amide bonds. The number of ether oxygens (including phenoxy) is 4. The van der Waals surface area contributed by atoms with E-state index in [-0.39, 0.29) is 54.5 Å². The highest BCUT2D eigenvalue weighted by atomic mass is 16.6. The molecule has 0 spiro atoms. The summed E-state index contributed by atoms with van der Waals surface area (Å²) in [4.78, 5) is 66.8. The van der Waals surface area contributed by atoms with Gasteiger partial charge in [-0.2, -0.15) is 0 Å². The van der Waals surface area contributed by atoms with Crippen molar-refractivity contribution in [1.29, 1.82) is 0 Å². The van der Waals surface area contributed by atoms with Crippen LogP contribution < -0.4 is 4.90 Å². The van der Waals surface area contributed by atoms with Crippen LogP contribution in [0.15, 0.2) is 77.1 Å². The van der Waals surface area contributed by atoms with Crippen LogP contribution in [0.1, 0.15) is 39.2 Å².